The van der Waals surface area contributed by atoms with Crippen LogP contribution in [0.4, 0.5) is 0 Å². The number of nitrogens with two attached hydrogens (primary N) is 1. The monoisotopic (exact) mass is 212 g/mol. The molecule has 0 aromatic rings. The summed E-state index contributed by atoms with van der Waals surface area (Å²) in [4.78, 5) is 0. The highest BCUT2D eigenvalue weighted by atomic mass is 15.2. The molecule has 0 bridgehead atoms. The Labute approximate surface area is 95.0 Å². The second-order valence-corrected chi connectivity index (χ2v) is 5.50. The van der Waals surface area contributed by atoms with Crippen molar-refractivity contribution in [2.24, 2.45) is 17.2 Å². The Morgan fingerprint density at radius 1 is 1.20 bits per heavy atom. The predicted octanol–water partition coefficient (Wildman–Crippen LogP) is 3.22. The first-order valence-electron chi connectivity index (χ1n) is 6.62. The zero-order chi connectivity index (χ0) is 11.3. The van der Waals surface area contributed by atoms with Gasteiger partial charge in [0.1, 0.15) is 0 Å². The summed E-state index contributed by atoms with van der Waals surface area (Å²) in [5.41, 5.74) is 3.54. The van der Waals surface area contributed by atoms with Crippen LogP contribution < -0.4 is 11.3 Å². The van der Waals surface area contributed by atoms with E-state index in [1.165, 1.54) is 44.9 Å². The summed E-state index contributed by atoms with van der Waals surface area (Å²) >= 11 is 0. The minimum atomic E-state index is 0.456. The van der Waals surface area contributed by atoms with E-state index in [-0.39, 0.29) is 0 Å². The zero-order valence-corrected chi connectivity index (χ0v) is 10.7. The van der Waals surface area contributed by atoms with Crippen molar-refractivity contribution in [2.45, 2.75) is 71.8 Å². The lowest BCUT2D eigenvalue weighted by atomic mass is 9.76. The molecule has 0 radical (unpaired) electrons. The molecule has 0 amide bonds. The SMILES string of the molecule is CCC(CC)CC(NN)C1(C)CCCC1. The highest BCUT2D eigenvalue weighted by Crippen LogP contribution is 2.42. The Hall–Kier alpha value is -0.0800. The maximum absolute atomic E-state index is 5.75. The van der Waals surface area contributed by atoms with Crippen molar-refractivity contribution in [2.75, 3.05) is 0 Å². The first-order chi connectivity index (χ1) is 7.16. The summed E-state index contributed by atoms with van der Waals surface area (Å²) in [5, 5.41) is 0. The second-order valence-electron chi connectivity index (χ2n) is 5.50. The lowest BCUT2D eigenvalue weighted by Crippen LogP contribution is -2.47. The van der Waals surface area contributed by atoms with Crippen LogP contribution >= 0.6 is 0 Å². The van der Waals surface area contributed by atoms with Crippen molar-refractivity contribution in [3.05, 3.63) is 0 Å². The summed E-state index contributed by atoms with van der Waals surface area (Å²) in [7, 11) is 0. The van der Waals surface area contributed by atoms with Crippen LogP contribution in [0.1, 0.15) is 65.7 Å². The second kappa shape index (κ2) is 5.86. The molecule has 1 saturated carbocycles. The van der Waals surface area contributed by atoms with Gasteiger partial charge in [0.2, 0.25) is 0 Å². The van der Waals surface area contributed by atoms with Crippen LogP contribution in [-0.4, -0.2) is 6.04 Å². The van der Waals surface area contributed by atoms with Crippen molar-refractivity contribution in [1.82, 2.24) is 5.43 Å². The van der Waals surface area contributed by atoms with E-state index in [1.807, 2.05) is 0 Å². The maximum Gasteiger partial charge on any atom is 0.0266 e. The minimum Gasteiger partial charge on any atom is -0.271 e. The predicted molar refractivity (Wildman–Crippen MR) is 66.4 cm³/mol. The molecule has 15 heavy (non-hydrogen) atoms. The zero-order valence-electron chi connectivity index (χ0n) is 10.7. The molecular formula is C13H28N2. The molecule has 1 aliphatic rings. The normalized spacial score (nSPS) is 22.2. The average Bonchev–Trinajstić information content (AvgIpc) is 2.68. The van der Waals surface area contributed by atoms with Crippen LogP contribution in [0.15, 0.2) is 0 Å². The van der Waals surface area contributed by atoms with Crippen LogP contribution in [0.3, 0.4) is 0 Å². The molecule has 0 spiro atoms. The van der Waals surface area contributed by atoms with E-state index in [9.17, 15) is 0 Å². The van der Waals surface area contributed by atoms with Crippen LogP contribution in [0.2, 0.25) is 0 Å². The van der Waals surface area contributed by atoms with Gasteiger partial charge in [-0.2, -0.15) is 0 Å². The fourth-order valence-corrected chi connectivity index (χ4v) is 3.04. The third-order valence-electron chi connectivity index (χ3n) is 4.51. The molecule has 1 aliphatic carbocycles. The molecule has 1 unspecified atom stereocenters. The van der Waals surface area contributed by atoms with Gasteiger partial charge in [0.15, 0.2) is 0 Å². The molecule has 1 atom stereocenters. The fourth-order valence-electron chi connectivity index (χ4n) is 3.04. The van der Waals surface area contributed by atoms with Gasteiger partial charge in [0.05, 0.1) is 0 Å². The molecule has 2 nitrogen and oxygen atoms in total. The molecule has 0 heterocycles. The van der Waals surface area contributed by atoms with Gasteiger partial charge < -0.3 is 0 Å². The van der Waals surface area contributed by atoms with Gasteiger partial charge in [-0.15, -0.1) is 0 Å². The van der Waals surface area contributed by atoms with Crippen LogP contribution in [-0.2, 0) is 0 Å². The summed E-state index contributed by atoms with van der Waals surface area (Å²) in [6.45, 7) is 6.99. The van der Waals surface area contributed by atoms with Gasteiger partial charge in [0, 0.05) is 6.04 Å². The van der Waals surface area contributed by atoms with Crippen molar-refractivity contribution in [1.29, 1.82) is 0 Å². The van der Waals surface area contributed by atoms with Crippen LogP contribution in [0.5, 0.6) is 0 Å². The van der Waals surface area contributed by atoms with Crippen LogP contribution in [0, 0.1) is 11.3 Å². The third kappa shape index (κ3) is 3.18. The van der Waals surface area contributed by atoms with Gasteiger partial charge in [-0.25, -0.2) is 0 Å². The van der Waals surface area contributed by atoms with Gasteiger partial charge >= 0.3 is 0 Å². The van der Waals surface area contributed by atoms with E-state index in [2.05, 4.69) is 26.2 Å². The van der Waals surface area contributed by atoms with Crippen molar-refractivity contribution in [3.63, 3.8) is 0 Å². The topological polar surface area (TPSA) is 38.0 Å². The van der Waals surface area contributed by atoms with Gasteiger partial charge in [-0.1, -0.05) is 46.5 Å². The maximum atomic E-state index is 5.75. The van der Waals surface area contributed by atoms with E-state index >= 15 is 0 Å². The van der Waals surface area contributed by atoms with E-state index in [0.717, 1.165) is 5.92 Å². The number of hydrogen-bond donors (Lipinski definition) is 2. The first kappa shape index (κ1) is 13.0. The van der Waals surface area contributed by atoms with Gasteiger partial charge in [0.25, 0.3) is 0 Å². The molecule has 1 fully saturated rings. The van der Waals surface area contributed by atoms with Gasteiger partial charge in [-0.3, -0.25) is 11.3 Å². The van der Waals surface area contributed by atoms with E-state index in [0.29, 0.717) is 11.5 Å². The van der Waals surface area contributed by atoms with Gasteiger partial charge in [-0.05, 0) is 30.6 Å². The van der Waals surface area contributed by atoms with E-state index in [1.54, 1.807) is 0 Å². The molecule has 0 aromatic carbocycles. The summed E-state index contributed by atoms with van der Waals surface area (Å²) in [6.07, 6.45) is 9.29. The summed E-state index contributed by atoms with van der Waals surface area (Å²) < 4.78 is 0. The third-order valence-corrected chi connectivity index (χ3v) is 4.51. The fraction of sp³-hybridized carbons (Fsp3) is 1.00. The lowest BCUT2D eigenvalue weighted by molar-refractivity contribution is 0.185. The molecule has 0 aliphatic heterocycles. The first-order valence-corrected chi connectivity index (χ1v) is 6.62. The van der Waals surface area contributed by atoms with Crippen LogP contribution in [0.25, 0.3) is 0 Å². The van der Waals surface area contributed by atoms with E-state index < -0.39 is 0 Å². The largest absolute Gasteiger partial charge is 0.271 e. The van der Waals surface area contributed by atoms with Crippen molar-refractivity contribution in [3.8, 4) is 0 Å². The molecule has 90 valence electrons. The summed E-state index contributed by atoms with van der Waals surface area (Å²) in [6, 6.07) is 0.518. The molecule has 3 N–H and O–H groups in total. The Bertz CT molecular complexity index is 169. The quantitative estimate of drug-likeness (QED) is 0.524. The number of nitrogens with one attached hydrogen (secondary N) is 1. The van der Waals surface area contributed by atoms with E-state index in [4.69, 9.17) is 5.84 Å². The molecule has 0 saturated heterocycles. The lowest BCUT2D eigenvalue weighted by Gasteiger charge is -2.35. The smallest absolute Gasteiger partial charge is 0.0266 e. The van der Waals surface area contributed by atoms with Crippen molar-refractivity contribution >= 4 is 0 Å². The Balaban J connectivity index is 2.54. The Morgan fingerprint density at radius 3 is 2.13 bits per heavy atom. The standard InChI is InChI=1S/C13H28N2/c1-4-11(5-2)10-12(15-14)13(3)8-6-7-9-13/h11-12,15H,4-10,14H2,1-3H3. The average molecular weight is 212 g/mol. The molecular weight excluding hydrogens is 184 g/mol. The molecule has 1 rings (SSSR count). The number of rotatable bonds is 6. The minimum absolute atomic E-state index is 0.456. The highest BCUT2D eigenvalue weighted by molar-refractivity contribution is 4.91. The van der Waals surface area contributed by atoms with Crippen molar-refractivity contribution < 1.29 is 0 Å². The Morgan fingerprint density at radius 2 is 1.73 bits per heavy atom. The highest BCUT2D eigenvalue weighted by Gasteiger charge is 2.36. The Kier molecular flexibility index (Phi) is 5.07. The number of hydrazine groups is 1. The molecule has 0 aromatic heterocycles. The molecule has 2 heteroatoms. The summed E-state index contributed by atoms with van der Waals surface area (Å²) in [5.74, 6) is 6.58. The number of hydrogen-bond acceptors (Lipinski definition) is 2.